The van der Waals surface area contributed by atoms with Crippen molar-refractivity contribution < 1.29 is 17.9 Å². The van der Waals surface area contributed by atoms with Crippen molar-refractivity contribution in [3.8, 4) is 0 Å². The quantitative estimate of drug-likeness (QED) is 0.678. The second kappa shape index (κ2) is 8.78. The van der Waals surface area contributed by atoms with Crippen molar-refractivity contribution in [3.05, 3.63) is 65.7 Å². The molecule has 0 aliphatic heterocycles. The molecule has 25 heavy (non-hydrogen) atoms. The third-order valence-electron chi connectivity index (χ3n) is 3.84. The molecule has 0 saturated carbocycles. The summed E-state index contributed by atoms with van der Waals surface area (Å²) in [5.41, 5.74) is 1.90. The summed E-state index contributed by atoms with van der Waals surface area (Å²) in [7, 11) is -1.89. The molecule has 134 valence electrons. The van der Waals surface area contributed by atoms with Gasteiger partial charge in [-0.3, -0.25) is 4.79 Å². The maximum atomic E-state index is 12.5. The van der Waals surface area contributed by atoms with E-state index in [-0.39, 0.29) is 12.4 Å². The van der Waals surface area contributed by atoms with Crippen LogP contribution in [0.3, 0.4) is 0 Å². The van der Waals surface area contributed by atoms with E-state index in [4.69, 9.17) is 4.74 Å². The predicted molar refractivity (Wildman–Crippen MR) is 96.7 cm³/mol. The molecule has 0 aliphatic rings. The molecule has 0 aromatic heterocycles. The summed E-state index contributed by atoms with van der Waals surface area (Å²) in [6, 6.07) is 16.0. The van der Waals surface area contributed by atoms with Gasteiger partial charge < -0.3 is 4.74 Å². The van der Waals surface area contributed by atoms with Gasteiger partial charge in [-0.2, -0.15) is 0 Å². The Hall–Kier alpha value is -2.18. The molecule has 0 amide bonds. The number of carbonyl (C=O) groups excluding carboxylic acids is 1. The number of hydrogen-bond donors (Lipinski definition) is 0. The zero-order chi connectivity index (χ0) is 18.3. The van der Waals surface area contributed by atoms with Crippen LogP contribution in [0.1, 0.15) is 18.1 Å². The number of likely N-dealkylation sites (N-methyl/N-ethyl adjacent to an activating group) is 1. The van der Waals surface area contributed by atoms with Gasteiger partial charge in [-0.15, -0.1) is 0 Å². The van der Waals surface area contributed by atoms with E-state index in [1.807, 2.05) is 24.3 Å². The monoisotopic (exact) mass is 361 g/mol. The minimum absolute atomic E-state index is 0.246. The van der Waals surface area contributed by atoms with Crippen LogP contribution in [0.25, 0.3) is 0 Å². The van der Waals surface area contributed by atoms with Crippen molar-refractivity contribution >= 4 is 16.0 Å². The first-order valence-corrected chi connectivity index (χ1v) is 9.62. The number of rotatable bonds is 8. The Morgan fingerprint density at radius 3 is 2.20 bits per heavy atom. The van der Waals surface area contributed by atoms with Crippen molar-refractivity contribution in [1.29, 1.82) is 0 Å². The number of carbonyl (C=O) groups is 1. The summed E-state index contributed by atoms with van der Waals surface area (Å²) in [4.78, 5) is 11.8. The maximum absolute atomic E-state index is 12.5. The summed E-state index contributed by atoms with van der Waals surface area (Å²) in [5, 5.41) is 0. The van der Waals surface area contributed by atoms with Crippen LogP contribution >= 0.6 is 0 Å². The van der Waals surface area contributed by atoms with Gasteiger partial charge in [0.05, 0.1) is 17.9 Å². The Balaban J connectivity index is 1.93. The number of esters is 1. The van der Waals surface area contributed by atoms with Gasteiger partial charge >= 0.3 is 5.97 Å². The van der Waals surface area contributed by atoms with Crippen LogP contribution in [0.5, 0.6) is 0 Å². The van der Waals surface area contributed by atoms with Gasteiger partial charge in [0, 0.05) is 13.6 Å². The Morgan fingerprint density at radius 1 is 1.00 bits per heavy atom. The molecule has 0 fully saturated rings. The molecule has 2 aromatic carbocycles. The predicted octanol–water partition coefficient (Wildman–Crippen LogP) is 2.66. The molecule has 6 heteroatoms. The van der Waals surface area contributed by atoms with E-state index < -0.39 is 10.0 Å². The first kappa shape index (κ1) is 19.1. The van der Waals surface area contributed by atoms with E-state index in [2.05, 4.69) is 0 Å². The van der Waals surface area contributed by atoms with E-state index in [0.29, 0.717) is 24.5 Å². The molecule has 0 spiro atoms. The van der Waals surface area contributed by atoms with E-state index in [0.717, 1.165) is 11.1 Å². The number of hydrogen-bond acceptors (Lipinski definition) is 4. The Morgan fingerprint density at radius 2 is 1.60 bits per heavy atom. The van der Waals surface area contributed by atoms with E-state index in [1.165, 1.54) is 4.31 Å². The molecule has 2 aromatic rings. The molecular formula is C19H23NO4S. The van der Waals surface area contributed by atoms with E-state index in [1.54, 1.807) is 44.3 Å². The van der Waals surface area contributed by atoms with E-state index in [9.17, 15) is 13.2 Å². The van der Waals surface area contributed by atoms with Gasteiger partial charge in [0.25, 0.3) is 0 Å². The van der Waals surface area contributed by atoms with Crippen molar-refractivity contribution in [2.75, 3.05) is 20.2 Å². The molecule has 5 nitrogen and oxygen atoms in total. The number of ether oxygens (including phenoxy) is 1. The lowest BCUT2D eigenvalue weighted by molar-refractivity contribution is -0.142. The number of nitrogens with zero attached hydrogens (tertiary/aromatic N) is 1. The molecule has 0 bridgehead atoms. The van der Waals surface area contributed by atoms with Gasteiger partial charge in [-0.05, 0) is 36.6 Å². The fourth-order valence-corrected chi connectivity index (χ4v) is 3.57. The molecule has 0 N–H and O–H groups in total. The minimum atomic E-state index is -3.47. The van der Waals surface area contributed by atoms with Crippen LogP contribution in [0.15, 0.2) is 59.5 Å². The normalized spacial score (nSPS) is 11.5. The van der Waals surface area contributed by atoms with Crippen molar-refractivity contribution in [2.45, 2.75) is 24.7 Å². The lowest BCUT2D eigenvalue weighted by atomic mass is 10.1. The van der Waals surface area contributed by atoms with Gasteiger partial charge in [-0.25, -0.2) is 12.7 Å². The minimum Gasteiger partial charge on any atom is -0.466 e. The van der Waals surface area contributed by atoms with Gasteiger partial charge in [0.15, 0.2) is 0 Å². The Labute approximate surface area is 149 Å². The summed E-state index contributed by atoms with van der Waals surface area (Å²) < 4.78 is 31.2. The third-order valence-corrected chi connectivity index (χ3v) is 5.71. The van der Waals surface area contributed by atoms with E-state index >= 15 is 0 Å². The summed E-state index contributed by atoms with van der Waals surface area (Å²) in [6.07, 6.45) is 0.846. The average molecular weight is 361 g/mol. The fourth-order valence-electron chi connectivity index (χ4n) is 2.38. The standard InChI is InChI=1S/C19H23NO4S/c1-3-24-19(21)15-17-11-9-16(10-12-17)13-14-20(2)25(22,23)18-7-5-4-6-8-18/h4-12H,3,13-15H2,1-2H3. The zero-order valence-corrected chi connectivity index (χ0v) is 15.3. The van der Waals surface area contributed by atoms with Crippen molar-refractivity contribution in [3.63, 3.8) is 0 Å². The lowest BCUT2D eigenvalue weighted by Crippen LogP contribution is -2.29. The number of sulfonamides is 1. The highest BCUT2D eigenvalue weighted by atomic mass is 32.2. The summed E-state index contributed by atoms with van der Waals surface area (Å²) in [5.74, 6) is -0.246. The number of benzene rings is 2. The molecule has 0 radical (unpaired) electrons. The van der Waals surface area contributed by atoms with Crippen LogP contribution in [-0.4, -0.2) is 38.9 Å². The molecule has 2 rings (SSSR count). The molecule has 0 aliphatic carbocycles. The fraction of sp³-hybridized carbons (Fsp3) is 0.316. The maximum Gasteiger partial charge on any atom is 0.310 e. The van der Waals surface area contributed by atoms with Gasteiger partial charge in [0.1, 0.15) is 0 Å². The summed E-state index contributed by atoms with van der Waals surface area (Å²) in [6.45, 7) is 2.54. The van der Waals surface area contributed by atoms with Gasteiger partial charge in [-0.1, -0.05) is 42.5 Å². The Kier molecular flexibility index (Phi) is 6.73. The van der Waals surface area contributed by atoms with Crippen LogP contribution in [0.4, 0.5) is 0 Å². The Bertz CT molecular complexity index is 786. The average Bonchev–Trinajstić information content (AvgIpc) is 2.61. The van der Waals surface area contributed by atoms with Crippen LogP contribution in [-0.2, 0) is 32.4 Å². The SMILES string of the molecule is CCOC(=O)Cc1ccc(CCN(C)S(=O)(=O)c2ccccc2)cc1. The molecule has 0 atom stereocenters. The third kappa shape index (κ3) is 5.41. The summed E-state index contributed by atoms with van der Waals surface area (Å²) >= 11 is 0. The topological polar surface area (TPSA) is 63.7 Å². The van der Waals surface area contributed by atoms with Crippen LogP contribution in [0.2, 0.25) is 0 Å². The molecule has 0 saturated heterocycles. The molecular weight excluding hydrogens is 338 g/mol. The molecule has 0 heterocycles. The van der Waals surface area contributed by atoms with Crippen molar-refractivity contribution in [2.24, 2.45) is 0 Å². The van der Waals surface area contributed by atoms with Crippen molar-refractivity contribution in [1.82, 2.24) is 4.31 Å². The highest BCUT2D eigenvalue weighted by Crippen LogP contribution is 2.14. The van der Waals surface area contributed by atoms with Gasteiger partial charge in [0.2, 0.25) is 10.0 Å². The van der Waals surface area contributed by atoms with Crippen LogP contribution < -0.4 is 0 Å². The second-order valence-corrected chi connectivity index (χ2v) is 7.73. The lowest BCUT2D eigenvalue weighted by Gasteiger charge is -2.17. The highest BCUT2D eigenvalue weighted by molar-refractivity contribution is 7.89. The second-order valence-electron chi connectivity index (χ2n) is 5.69. The highest BCUT2D eigenvalue weighted by Gasteiger charge is 2.19. The zero-order valence-electron chi connectivity index (χ0n) is 14.5. The smallest absolute Gasteiger partial charge is 0.310 e. The first-order chi connectivity index (χ1) is 11.9. The van der Waals surface area contributed by atoms with Crippen LogP contribution in [0, 0.1) is 0 Å². The largest absolute Gasteiger partial charge is 0.466 e. The first-order valence-electron chi connectivity index (χ1n) is 8.18. The molecule has 0 unspecified atom stereocenters.